The first-order valence-corrected chi connectivity index (χ1v) is 8.03. The normalized spacial score (nSPS) is 15.5. The van der Waals surface area contributed by atoms with Crippen molar-refractivity contribution in [2.24, 2.45) is 0 Å². The van der Waals surface area contributed by atoms with Crippen LogP contribution in [0.25, 0.3) is 11.1 Å². The molecule has 1 amide bonds. The van der Waals surface area contributed by atoms with Crippen molar-refractivity contribution in [3.05, 3.63) is 23.0 Å². The first-order chi connectivity index (χ1) is 9.35. The number of fused-ring (bicyclic) bond motifs is 1. The summed E-state index contributed by atoms with van der Waals surface area (Å²) in [6, 6.07) is 1.63. The number of pyridine rings is 1. The highest BCUT2D eigenvalue weighted by molar-refractivity contribution is 7.89. The lowest BCUT2D eigenvalue weighted by atomic mass is 10.1. The Morgan fingerprint density at radius 2 is 2.15 bits per heavy atom. The van der Waals surface area contributed by atoms with E-state index in [0.29, 0.717) is 17.0 Å². The molecule has 8 heteroatoms. The van der Waals surface area contributed by atoms with Gasteiger partial charge in [-0.2, -0.15) is 0 Å². The summed E-state index contributed by atoms with van der Waals surface area (Å²) in [6.07, 6.45) is 2.96. The van der Waals surface area contributed by atoms with Crippen LogP contribution in [0.2, 0.25) is 0 Å². The zero-order chi connectivity index (χ0) is 14.5. The summed E-state index contributed by atoms with van der Waals surface area (Å²) >= 11 is 0. The number of amides is 1. The van der Waals surface area contributed by atoms with E-state index in [1.165, 1.54) is 0 Å². The number of sulfonamides is 1. The van der Waals surface area contributed by atoms with Gasteiger partial charge in [0.15, 0.2) is 0 Å². The van der Waals surface area contributed by atoms with Crippen LogP contribution < -0.4 is 4.72 Å². The lowest BCUT2D eigenvalue weighted by molar-refractivity contribution is 0.0983. The maximum absolute atomic E-state index is 12.1. The Morgan fingerprint density at radius 3 is 2.75 bits per heavy atom. The lowest BCUT2D eigenvalue weighted by Gasteiger charge is -2.06. The summed E-state index contributed by atoms with van der Waals surface area (Å²) in [4.78, 5) is 16.5. The molecule has 20 heavy (non-hydrogen) atoms. The zero-order valence-corrected chi connectivity index (χ0v) is 11.8. The van der Waals surface area contributed by atoms with E-state index in [0.717, 1.165) is 24.8 Å². The highest BCUT2D eigenvalue weighted by atomic mass is 32.2. The molecular weight excluding hydrogens is 282 g/mol. The molecule has 1 N–H and O–H groups in total. The van der Waals surface area contributed by atoms with Gasteiger partial charge in [-0.25, -0.2) is 18.1 Å². The minimum absolute atomic E-state index is 0.237. The SMILES string of the molecule is Cc1noc2nc(C3CC3)cc(C(=O)NS(C)(=O)=O)c12. The van der Waals surface area contributed by atoms with Crippen molar-refractivity contribution in [2.75, 3.05) is 6.26 Å². The molecule has 3 rings (SSSR count). The van der Waals surface area contributed by atoms with Crippen LogP contribution in [0.1, 0.15) is 40.5 Å². The fourth-order valence-corrected chi connectivity index (χ4v) is 2.55. The molecule has 1 saturated carbocycles. The van der Waals surface area contributed by atoms with Gasteiger partial charge in [0.05, 0.1) is 22.9 Å². The van der Waals surface area contributed by atoms with Gasteiger partial charge in [0.1, 0.15) is 0 Å². The van der Waals surface area contributed by atoms with Gasteiger partial charge in [-0.15, -0.1) is 0 Å². The Bertz CT molecular complexity index is 805. The molecule has 1 fully saturated rings. The van der Waals surface area contributed by atoms with E-state index < -0.39 is 15.9 Å². The van der Waals surface area contributed by atoms with E-state index >= 15 is 0 Å². The number of aromatic nitrogens is 2. The summed E-state index contributed by atoms with van der Waals surface area (Å²) in [5.41, 5.74) is 1.76. The first-order valence-electron chi connectivity index (χ1n) is 6.14. The van der Waals surface area contributed by atoms with E-state index in [1.54, 1.807) is 13.0 Å². The number of nitrogens with zero attached hydrogens (tertiary/aromatic N) is 2. The second-order valence-electron chi connectivity index (χ2n) is 5.02. The van der Waals surface area contributed by atoms with E-state index in [2.05, 4.69) is 10.1 Å². The van der Waals surface area contributed by atoms with Crippen LogP contribution in [0.15, 0.2) is 10.6 Å². The van der Waals surface area contributed by atoms with Gasteiger partial charge >= 0.3 is 0 Å². The van der Waals surface area contributed by atoms with Crippen LogP contribution in [-0.2, 0) is 10.0 Å². The number of hydrogen-bond acceptors (Lipinski definition) is 6. The number of nitrogens with one attached hydrogen (secondary N) is 1. The third-order valence-corrected chi connectivity index (χ3v) is 3.71. The van der Waals surface area contributed by atoms with Crippen LogP contribution in [-0.4, -0.2) is 30.7 Å². The molecule has 2 aromatic heterocycles. The molecule has 0 saturated heterocycles. The van der Waals surface area contributed by atoms with Gasteiger partial charge in [0, 0.05) is 11.6 Å². The van der Waals surface area contributed by atoms with Crippen molar-refractivity contribution in [2.45, 2.75) is 25.7 Å². The molecule has 1 aliphatic carbocycles. The Hall–Kier alpha value is -1.96. The summed E-state index contributed by atoms with van der Waals surface area (Å²) in [6.45, 7) is 1.68. The lowest BCUT2D eigenvalue weighted by Crippen LogP contribution is -2.29. The molecule has 106 valence electrons. The van der Waals surface area contributed by atoms with Crippen molar-refractivity contribution in [3.8, 4) is 0 Å². The minimum atomic E-state index is -3.62. The average Bonchev–Trinajstić information content (AvgIpc) is 3.12. The fourth-order valence-electron chi connectivity index (χ4n) is 2.10. The monoisotopic (exact) mass is 295 g/mol. The van der Waals surface area contributed by atoms with Crippen molar-refractivity contribution in [3.63, 3.8) is 0 Å². The topological polar surface area (TPSA) is 102 Å². The molecule has 0 aliphatic heterocycles. The predicted molar refractivity (Wildman–Crippen MR) is 70.8 cm³/mol. The van der Waals surface area contributed by atoms with E-state index in [1.807, 2.05) is 4.72 Å². The van der Waals surface area contributed by atoms with Gasteiger partial charge < -0.3 is 4.52 Å². The third kappa shape index (κ3) is 2.38. The number of carbonyl (C=O) groups is 1. The van der Waals surface area contributed by atoms with Gasteiger partial charge in [0.25, 0.3) is 11.6 Å². The number of aryl methyl sites for hydroxylation is 1. The average molecular weight is 295 g/mol. The quantitative estimate of drug-likeness (QED) is 0.909. The second-order valence-corrected chi connectivity index (χ2v) is 6.77. The number of hydrogen-bond donors (Lipinski definition) is 1. The fraction of sp³-hybridized carbons (Fsp3) is 0.417. The van der Waals surface area contributed by atoms with Crippen LogP contribution in [0.4, 0.5) is 0 Å². The molecule has 2 heterocycles. The Morgan fingerprint density at radius 1 is 1.45 bits per heavy atom. The Kier molecular flexibility index (Phi) is 2.79. The van der Waals surface area contributed by atoms with E-state index in [9.17, 15) is 13.2 Å². The summed E-state index contributed by atoms with van der Waals surface area (Å²) in [5, 5.41) is 4.24. The van der Waals surface area contributed by atoms with Gasteiger partial charge in [0.2, 0.25) is 10.0 Å². The Balaban J connectivity index is 2.16. The largest absolute Gasteiger partial charge is 0.336 e. The summed E-state index contributed by atoms with van der Waals surface area (Å²) in [7, 11) is -3.62. The van der Waals surface area contributed by atoms with Crippen molar-refractivity contribution in [1.82, 2.24) is 14.9 Å². The Labute approximate surface area is 115 Å². The molecule has 0 spiro atoms. The van der Waals surface area contributed by atoms with E-state index in [4.69, 9.17) is 4.52 Å². The predicted octanol–water partition coefficient (Wildman–Crippen LogP) is 1.10. The number of carbonyl (C=O) groups excluding carboxylic acids is 1. The van der Waals surface area contributed by atoms with Crippen LogP contribution >= 0.6 is 0 Å². The van der Waals surface area contributed by atoms with Crippen LogP contribution in [0, 0.1) is 6.92 Å². The van der Waals surface area contributed by atoms with Gasteiger partial charge in [-0.3, -0.25) is 4.79 Å². The minimum Gasteiger partial charge on any atom is -0.336 e. The number of rotatable bonds is 3. The van der Waals surface area contributed by atoms with Crippen LogP contribution in [0.5, 0.6) is 0 Å². The highest BCUT2D eigenvalue weighted by Gasteiger charge is 2.29. The smallest absolute Gasteiger partial charge is 0.265 e. The van der Waals surface area contributed by atoms with Crippen molar-refractivity contribution < 1.29 is 17.7 Å². The maximum atomic E-state index is 12.1. The van der Waals surface area contributed by atoms with Gasteiger partial charge in [-0.05, 0) is 25.8 Å². The van der Waals surface area contributed by atoms with E-state index in [-0.39, 0.29) is 11.3 Å². The first kappa shape index (κ1) is 13.0. The summed E-state index contributed by atoms with van der Waals surface area (Å²) in [5.74, 6) is -0.373. The molecule has 0 bridgehead atoms. The third-order valence-electron chi connectivity index (χ3n) is 3.16. The molecule has 7 nitrogen and oxygen atoms in total. The van der Waals surface area contributed by atoms with Crippen LogP contribution in [0.3, 0.4) is 0 Å². The van der Waals surface area contributed by atoms with Gasteiger partial charge in [-0.1, -0.05) is 5.16 Å². The molecule has 0 unspecified atom stereocenters. The molecular formula is C12H13N3O4S. The second kappa shape index (κ2) is 4.27. The molecule has 0 aromatic carbocycles. The summed E-state index contributed by atoms with van der Waals surface area (Å²) < 4.78 is 29.5. The van der Waals surface area contributed by atoms with Crippen molar-refractivity contribution >= 4 is 27.0 Å². The molecule has 0 atom stereocenters. The molecule has 2 aromatic rings. The van der Waals surface area contributed by atoms with Crippen molar-refractivity contribution in [1.29, 1.82) is 0 Å². The highest BCUT2D eigenvalue weighted by Crippen LogP contribution is 2.40. The standard InChI is InChI=1S/C12H13N3O4S/c1-6-10-8(11(16)15-20(2,17)18)5-9(7-3-4-7)13-12(10)19-14-6/h5,7H,3-4H2,1-2H3,(H,15,16). The molecule has 0 radical (unpaired) electrons. The zero-order valence-electron chi connectivity index (χ0n) is 11.0. The molecule has 1 aliphatic rings. The maximum Gasteiger partial charge on any atom is 0.265 e.